The highest BCUT2D eigenvalue weighted by Gasteiger charge is 2.16. The van der Waals surface area contributed by atoms with Crippen molar-refractivity contribution >= 4 is 15.9 Å². The SMILES string of the molecule is CCNC(Cc1c(C)cccc1C)c1cc(C)ccc1Br. The minimum atomic E-state index is 0.337. The first-order valence-electron chi connectivity index (χ1n) is 7.57. The Labute approximate surface area is 136 Å². The molecule has 0 aliphatic heterocycles. The molecule has 0 bridgehead atoms. The van der Waals surface area contributed by atoms with Gasteiger partial charge in [-0.2, -0.15) is 0 Å². The lowest BCUT2D eigenvalue weighted by molar-refractivity contribution is 0.545. The summed E-state index contributed by atoms with van der Waals surface area (Å²) >= 11 is 3.71. The van der Waals surface area contributed by atoms with Crippen molar-refractivity contribution in [3.8, 4) is 0 Å². The van der Waals surface area contributed by atoms with Crippen LogP contribution >= 0.6 is 15.9 Å². The Hall–Kier alpha value is -1.12. The summed E-state index contributed by atoms with van der Waals surface area (Å²) in [6, 6.07) is 13.5. The van der Waals surface area contributed by atoms with Crippen LogP contribution in [0.5, 0.6) is 0 Å². The monoisotopic (exact) mass is 345 g/mol. The molecule has 2 aromatic carbocycles. The predicted octanol–water partition coefficient (Wildman–Crippen LogP) is 5.27. The van der Waals surface area contributed by atoms with Crippen molar-refractivity contribution in [2.24, 2.45) is 0 Å². The zero-order valence-electron chi connectivity index (χ0n) is 13.3. The van der Waals surface area contributed by atoms with Crippen molar-refractivity contribution in [3.63, 3.8) is 0 Å². The van der Waals surface area contributed by atoms with E-state index in [1.165, 1.54) is 32.3 Å². The van der Waals surface area contributed by atoms with Crippen molar-refractivity contribution in [2.45, 2.75) is 40.2 Å². The summed E-state index contributed by atoms with van der Waals surface area (Å²) in [7, 11) is 0. The fourth-order valence-electron chi connectivity index (χ4n) is 2.84. The molecule has 0 spiro atoms. The van der Waals surface area contributed by atoms with Gasteiger partial charge in [-0.3, -0.25) is 0 Å². The molecule has 2 heteroatoms. The van der Waals surface area contributed by atoms with Gasteiger partial charge < -0.3 is 5.32 Å². The van der Waals surface area contributed by atoms with Crippen LogP contribution in [0.1, 0.15) is 40.8 Å². The van der Waals surface area contributed by atoms with E-state index in [9.17, 15) is 0 Å². The summed E-state index contributed by atoms with van der Waals surface area (Å²) < 4.78 is 1.19. The van der Waals surface area contributed by atoms with Gasteiger partial charge in [-0.05, 0) is 62.1 Å². The third-order valence-electron chi connectivity index (χ3n) is 4.03. The first-order valence-corrected chi connectivity index (χ1v) is 8.36. The van der Waals surface area contributed by atoms with Gasteiger partial charge in [0.2, 0.25) is 0 Å². The highest BCUT2D eigenvalue weighted by molar-refractivity contribution is 9.10. The van der Waals surface area contributed by atoms with Crippen molar-refractivity contribution in [1.82, 2.24) is 5.32 Å². The van der Waals surface area contributed by atoms with Crippen molar-refractivity contribution in [3.05, 3.63) is 68.7 Å². The molecule has 2 rings (SSSR count). The molecule has 0 aromatic heterocycles. The third-order valence-corrected chi connectivity index (χ3v) is 4.75. The van der Waals surface area contributed by atoms with Crippen LogP contribution in [-0.4, -0.2) is 6.54 Å². The van der Waals surface area contributed by atoms with Gasteiger partial charge in [-0.25, -0.2) is 0 Å². The van der Waals surface area contributed by atoms with E-state index in [0.717, 1.165) is 13.0 Å². The number of nitrogens with one attached hydrogen (secondary N) is 1. The van der Waals surface area contributed by atoms with Gasteiger partial charge in [0.15, 0.2) is 0 Å². The molecule has 1 nitrogen and oxygen atoms in total. The molecule has 0 heterocycles. The first-order chi connectivity index (χ1) is 10.0. The highest BCUT2D eigenvalue weighted by atomic mass is 79.9. The van der Waals surface area contributed by atoms with Crippen molar-refractivity contribution < 1.29 is 0 Å². The zero-order chi connectivity index (χ0) is 15.4. The summed E-state index contributed by atoms with van der Waals surface area (Å²) in [4.78, 5) is 0. The van der Waals surface area contributed by atoms with Crippen LogP contribution in [0.3, 0.4) is 0 Å². The maximum Gasteiger partial charge on any atom is 0.0372 e. The minimum Gasteiger partial charge on any atom is -0.310 e. The zero-order valence-corrected chi connectivity index (χ0v) is 14.9. The Kier molecular flexibility index (Phi) is 5.60. The lowest BCUT2D eigenvalue weighted by Crippen LogP contribution is -2.24. The lowest BCUT2D eigenvalue weighted by Gasteiger charge is -2.22. The second-order valence-electron chi connectivity index (χ2n) is 5.71. The Morgan fingerprint density at radius 1 is 1.05 bits per heavy atom. The number of halogens is 1. The number of hydrogen-bond acceptors (Lipinski definition) is 1. The van der Waals surface area contributed by atoms with Crippen molar-refractivity contribution in [2.75, 3.05) is 6.54 Å². The summed E-state index contributed by atoms with van der Waals surface area (Å²) in [6.45, 7) is 9.70. The van der Waals surface area contributed by atoms with Gasteiger partial charge in [0.1, 0.15) is 0 Å². The Morgan fingerprint density at radius 3 is 2.33 bits per heavy atom. The molecule has 21 heavy (non-hydrogen) atoms. The van der Waals surface area contributed by atoms with E-state index in [2.05, 4.69) is 85.3 Å². The molecule has 0 fully saturated rings. The predicted molar refractivity (Wildman–Crippen MR) is 94.9 cm³/mol. The summed E-state index contributed by atoms with van der Waals surface area (Å²) in [5.74, 6) is 0. The van der Waals surface area contributed by atoms with E-state index >= 15 is 0 Å². The van der Waals surface area contributed by atoms with Crippen LogP contribution in [0.2, 0.25) is 0 Å². The number of likely N-dealkylation sites (N-methyl/N-ethyl adjacent to an activating group) is 1. The quantitative estimate of drug-likeness (QED) is 0.778. The fraction of sp³-hybridized carbons (Fsp3) is 0.368. The molecule has 0 saturated carbocycles. The highest BCUT2D eigenvalue weighted by Crippen LogP contribution is 2.29. The summed E-state index contributed by atoms with van der Waals surface area (Å²) in [5.41, 5.74) is 6.86. The molecule has 1 unspecified atom stereocenters. The Balaban J connectivity index is 2.38. The molecular formula is C19H24BrN. The molecule has 0 saturated heterocycles. The van der Waals surface area contributed by atoms with E-state index in [1.54, 1.807) is 0 Å². The molecular weight excluding hydrogens is 322 g/mol. The van der Waals surface area contributed by atoms with E-state index in [4.69, 9.17) is 0 Å². The van der Waals surface area contributed by atoms with Gasteiger partial charge in [0.05, 0.1) is 0 Å². The van der Waals surface area contributed by atoms with Crippen LogP contribution in [0.15, 0.2) is 40.9 Å². The molecule has 112 valence electrons. The van der Waals surface area contributed by atoms with Crippen LogP contribution < -0.4 is 5.32 Å². The molecule has 2 aromatic rings. The Morgan fingerprint density at radius 2 is 1.71 bits per heavy atom. The van der Waals surface area contributed by atoms with Crippen LogP contribution in [0.25, 0.3) is 0 Å². The Bertz CT molecular complexity index is 599. The summed E-state index contributed by atoms with van der Waals surface area (Å²) in [5, 5.41) is 3.64. The molecule has 0 amide bonds. The average molecular weight is 346 g/mol. The van der Waals surface area contributed by atoms with Gasteiger partial charge in [0, 0.05) is 10.5 Å². The molecule has 1 atom stereocenters. The number of hydrogen-bond donors (Lipinski definition) is 1. The van der Waals surface area contributed by atoms with Gasteiger partial charge >= 0.3 is 0 Å². The number of aryl methyl sites for hydroxylation is 3. The molecule has 0 aliphatic carbocycles. The van der Waals surface area contributed by atoms with E-state index in [-0.39, 0.29) is 0 Å². The first kappa shape index (κ1) is 16.3. The third kappa shape index (κ3) is 3.96. The fourth-order valence-corrected chi connectivity index (χ4v) is 3.37. The van der Waals surface area contributed by atoms with E-state index in [1.807, 2.05) is 0 Å². The number of benzene rings is 2. The van der Waals surface area contributed by atoms with Crippen LogP contribution in [-0.2, 0) is 6.42 Å². The van der Waals surface area contributed by atoms with Gasteiger partial charge in [-0.15, -0.1) is 0 Å². The maximum atomic E-state index is 3.71. The molecule has 0 radical (unpaired) electrons. The maximum absolute atomic E-state index is 3.71. The smallest absolute Gasteiger partial charge is 0.0372 e. The normalized spacial score (nSPS) is 12.4. The van der Waals surface area contributed by atoms with Crippen LogP contribution in [0.4, 0.5) is 0 Å². The van der Waals surface area contributed by atoms with Crippen molar-refractivity contribution in [1.29, 1.82) is 0 Å². The van der Waals surface area contributed by atoms with E-state index in [0.29, 0.717) is 6.04 Å². The van der Waals surface area contributed by atoms with Gasteiger partial charge in [-0.1, -0.05) is 58.7 Å². The standard InChI is InChI=1S/C19H24BrN/c1-5-21-19(17-11-13(2)9-10-18(17)20)12-16-14(3)7-6-8-15(16)4/h6-11,19,21H,5,12H2,1-4H3. The van der Waals surface area contributed by atoms with E-state index < -0.39 is 0 Å². The minimum absolute atomic E-state index is 0.337. The average Bonchev–Trinajstić information content (AvgIpc) is 2.44. The summed E-state index contributed by atoms with van der Waals surface area (Å²) in [6.07, 6.45) is 1.02. The largest absolute Gasteiger partial charge is 0.310 e. The molecule has 0 aliphatic rings. The second kappa shape index (κ2) is 7.24. The topological polar surface area (TPSA) is 12.0 Å². The van der Waals surface area contributed by atoms with Gasteiger partial charge in [0.25, 0.3) is 0 Å². The lowest BCUT2D eigenvalue weighted by atomic mass is 9.92. The van der Waals surface area contributed by atoms with Crippen LogP contribution in [0, 0.1) is 20.8 Å². The molecule has 1 N–H and O–H groups in total. The second-order valence-corrected chi connectivity index (χ2v) is 6.56. The number of rotatable bonds is 5.